The molecule has 0 aliphatic heterocycles. The summed E-state index contributed by atoms with van der Waals surface area (Å²) in [5.41, 5.74) is 5.34. The molecule has 0 aromatic heterocycles. The van der Waals surface area contributed by atoms with E-state index in [1.54, 1.807) is 0 Å². The third kappa shape index (κ3) is 0.690. The molecule has 8 heavy (non-hydrogen) atoms. The minimum absolute atomic E-state index is 0.0764. The van der Waals surface area contributed by atoms with Crippen molar-refractivity contribution in [2.24, 2.45) is 11.7 Å². The Labute approximate surface area is 47.5 Å². The molecule has 2 unspecified atom stereocenters. The third-order valence-electron chi connectivity index (χ3n) is 1.65. The predicted molar refractivity (Wildman–Crippen MR) is 28.3 cm³/mol. The van der Waals surface area contributed by atoms with Crippen molar-refractivity contribution in [3.63, 3.8) is 0 Å². The number of carboxylic acids is 1. The topological polar surface area (TPSA) is 63.3 Å². The number of carbonyl (C=O) groups is 1. The molecule has 1 rings (SSSR count). The zero-order valence-electron chi connectivity index (χ0n) is 4.50. The summed E-state index contributed by atoms with van der Waals surface area (Å²) in [6, 6.07) is -0.0764. The van der Waals surface area contributed by atoms with Gasteiger partial charge in [0.2, 0.25) is 0 Å². The molecule has 0 saturated heterocycles. The average molecular weight is 114 g/mol. The standard InChI is InChI=1S/C5H9NO2/c6-4-2-1-3(4)5(7)8/h3-4H,1-2,6H2,(H,7,8)/i5-1. The lowest BCUT2D eigenvalue weighted by Crippen LogP contribution is -2.43. The van der Waals surface area contributed by atoms with Crippen LogP contribution in [0.2, 0.25) is 0 Å². The number of rotatable bonds is 1. The lowest BCUT2D eigenvalue weighted by Gasteiger charge is -2.29. The SMILES string of the molecule is NC1CCC1[11C](=O)O. The Bertz CT molecular complexity index is 113. The van der Waals surface area contributed by atoms with E-state index < -0.39 is 5.97 Å². The van der Waals surface area contributed by atoms with Gasteiger partial charge in [0.05, 0.1) is 5.92 Å². The number of aliphatic carboxylic acids is 1. The molecule has 0 amide bonds. The lowest BCUT2D eigenvalue weighted by atomic mass is 9.66. The molecule has 46 valence electrons. The molecule has 0 spiro atoms. The first-order valence-electron chi connectivity index (χ1n) is 2.70. The highest BCUT2D eigenvalue weighted by atomic mass is 16.3. The molecule has 0 radical (unpaired) electrons. The fourth-order valence-corrected chi connectivity index (χ4v) is 0.832. The van der Waals surface area contributed by atoms with Crippen molar-refractivity contribution in [3.05, 3.63) is 0 Å². The molecule has 3 N–H and O–H groups in total. The van der Waals surface area contributed by atoms with Gasteiger partial charge in [-0.1, -0.05) is 0 Å². The molecule has 3 nitrogen and oxygen atoms in total. The van der Waals surface area contributed by atoms with Crippen LogP contribution in [-0.4, -0.2) is 17.1 Å². The van der Waals surface area contributed by atoms with Gasteiger partial charge in [0.15, 0.2) is 0 Å². The van der Waals surface area contributed by atoms with Gasteiger partial charge in [-0.15, -0.1) is 0 Å². The zero-order chi connectivity index (χ0) is 6.15. The molecular formula is C5H9NO2. The summed E-state index contributed by atoms with van der Waals surface area (Å²) in [5.74, 6) is -1.00. The van der Waals surface area contributed by atoms with Gasteiger partial charge in [0, 0.05) is 6.04 Å². The summed E-state index contributed by atoms with van der Waals surface area (Å²) in [6.45, 7) is 0. The summed E-state index contributed by atoms with van der Waals surface area (Å²) in [6.07, 6.45) is 1.63. The van der Waals surface area contributed by atoms with E-state index in [-0.39, 0.29) is 12.0 Å². The lowest BCUT2D eigenvalue weighted by molar-refractivity contribution is -0.145. The van der Waals surface area contributed by atoms with E-state index >= 15 is 0 Å². The first-order chi connectivity index (χ1) is 3.72. The summed E-state index contributed by atoms with van der Waals surface area (Å²) in [7, 11) is 0. The maximum atomic E-state index is 10.1. The molecule has 0 heterocycles. The average Bonchev–Trinajstić information content (AvgIpc) is 1.61. The van der Waals surface area contributed by atoms with E-state index in [0.29, 0.717) is 0 Å². The van der Waals surface area contributed by atoms with Crippen LogP contribution in [0.15, 0.2) is 0 Å². The van der Waals surface area contributed by atoms with Gasteiger partial charge in [-0.25, -0.2) is 0 Å². The molecular weight excluding hydrogens is 105 g/mol. The number of carboxylic acid groups (broad SMARTS) is 1. The molecule has 1 aliphatic rings. The second-order valence-electron chi connectivity index (χ2n) is 2.19. The number of hydrogen-bond donors (Lipinski definition) is 2. The minimum atomic E-state index is -0.747. The minimum Gasteiger partial charge on any atom is -0.481 e. The Morgan fingerprint density at radius 2 is 2.25 bits per heavy atom. The molecule has 0 bridgehead atoms. The van der Waals surface area contributed by atoms with Crippen LogP contribution < -0.4 is 5.73 Å². The van der Waals surface area contributed by atoms with Crippen LogP contribution >= 0.6 is 0 Å². The third-order valence-corrected chi connectivity index (χ3v) is 1.65. The largest absolute Gasteiger partial charge is 0.481 e. The normalized spacial score (nSPS) is 36.1. The Balaban J connectivity index is 2.37. The van der Waals surface area contributed by atoms with Gasteiger partial charge in [-0.2, -0.15) is 0 Å². The van der Waals surface area contributed by atoms with Crippen LogP contribution in [0.3, 0.4) is 0 Å². The molecule has 2 atom stereocenters. The second kappa shape index (κ2) is 1.74. The van der Waals surface area contributed by atoms with Gasteiger partial charge >= 0.3 is 5.97 Å². The fourth-order valence-electron chi connectivity index (χ4n) is 0.832. The highest BCUT2D eigenvalue weighted by Gasteiger charge is 2.33. The van der Waals surface area contributed by atoms with Crippen molar-refractivity contribution in [1.29, 1.82) is 0 Å². The Morgan fingerprint density at radius 1 is 1.62 bits per heavy atom. The van der Waals surface area contributed by atoms with Crippen LogP contribution in [0.4, 0.5) is 0 Å². The molecule has 0 aromatic carbocycles. The zero-order valence-corrected chi connectivity index (χ0v) is 4.50. The van der Waals surface area contributed by atoms with Crippen molar-refractivity contribution in [1.82, 2.24) is 0 Å². The molecule has 3 heteroatoms. The van der Waals surface area contributed by atoms with Gasteiger partial charge < -0.3 is 10.8 Å². The summed E-state index contributed by atoms with van der Waals surface area (Å²) < 4.78 is 0. The monoisotopic (exact) mass is 114 g/mol. The van der Waals surface area contributed by atoms with Crippen LogP contribution in [0.1, 0.15) is 12.8 Å². The fraction of sp³-hybridized carbons (Fsp3) is 0.800. The maximum absolute atomic E-state index is 10.1. The highest BCUT2D eigenvalue weighted by molar-refractivity contribution is 5.71. The Kier molecular flexibility index (Phi) is 1.21. The number of hydrogen-bond acceptors (Lipinski definition) is 2. The Hall–Kier alpha value is -0.570. The first-order valence-corrected chi connectivity index (χ1v) is 2.70. The smallest absolute Gasteiger partial charge is 0.308 e. The maximum Gasteiger partial charge on any atom is 0.308 e. The van der Waals surface area contributed by atoms with Crippen molar-refractivity contribution < 1.29 is 9.90 Å². The van der Waals surface area contributed by atoms with Crippen molar-refractivity contribution >= 4 is 5.97 Å². The van der Waals surface area contributed by atoms with Gasteiger partial charge in [-0.3, -0.25) is 4.79 Å². The van der Waals surface area contributed by atoms with Crippen molar-refractivity contribution in [2.45, 2.75) is 18.9 Å². The quantitative estimate of drug-likeness (QED) is 0.496. The summed E-state index contributed by atoms with van der Waals surface area (Å²) >= 11 is 0. The first kappa shape index (κ1) is 5.56. The van der Waals surface area contributed by atoms with Gasteiger partial charge in [0.25, 0.3) is 0 Å². The van der Waals surface area contributed by atoms with Gasteiger partial charge in [0.1, 0.15) is 0 Å². The van der Waals surface area contributed by atoms with Crippen LogP contribution in [-0.2, 0) is 4.79 Å². The van der Waals surface area contributed by atoms with Crippen molar-refractivity contribution in [2.75, 3.05) is 0 Å². The van der Waals surface area contributed by atoms with E-state index in [1.165, 1.54) is 0 Å². The van der Waals surface area contributed by atoms with E-state index in [1.807, 2.05) is 0 Å². The van der Waals surface area contributed by atoms with E-state index in [0.717, 1.165) is 12.8 Å². The predicted octanol–water partition coefficient (Wildman–Crippen LogP) is -0.192. The van der Waals surface area contributed by atoms with Crippen LogP contribution in [0.25, 0.3) is 0 Å². The van der Waals surface area contributed by atoms with Gasteiger partial charge in [-0.05, 0) is 12.8 Å². The molecule has 1 saturated carbocycles. The molecule has 1 fully saturated rings. The summed E-state index contributed by atoms with van der Waals surface area (Å²) in [4.78, 5) is 10.1. The second-order valence-corrected chi connectivity index (χ2v) is 2.19. The highest BCUT2D eigenvalue weighted by Crippen LogP contribution is 2.24. The molecule has 0 aromatic rings. The van der Waals surface area contributed by atoms with Crippen LogP contribution in [0.5, 0.6) is 0 Å². The number of nitrogens with two attached hydrogens (primary N) is 1. The van der Waals surface area contributed by atoms with Crippen molar-refractivity contribution in [3.8, 4) is 0 Å². The van der Waals surface area contributed by atoms with E-state index in [9.17, 15) is 4.79 Å². The van der Waals surface area contributed by atoms with E-state index in [2.05, 4.69) is 0 Å². The van der Waals surface area contributed by atoms with Crippen LogP contribution in [0, 0.1) is 5.92 Å². The molecule has 1 aliphatic carbocycles. The summed E-state index contributed by atoms with van der Waals surface area (Å²) in [5, 5.41) is 8.32. The Morgan fingerprint density at radius 3 is 2.25 bits per heavy atom. The van der Waals surface area contributed by atoms with E-state index in [4.69, 9.17) is 10.8 Å².